The number of aryl methyl sites for hydroxylation is 2. The topological polar surface area (TPSA) is 46.1 Å². The number of rotatable bonds is 4. The maximum Gasteiger partial charge on any atom is 0.673 e. The third kappa shape index (κ3) is 10.7. The van der Waals surface area contributed by atoms with Gasteiger partial charge in [-0.25, -0.2) is 9.13 Å². The van der Waals surface area contributed by atoms with Gasteiger partial charge in [0.15, 0.2) is 0 Å². The van der Waals surface area contributed by atoms with Crippen LogP contribution in [0.1, 0.15) is 13.3 Å². The molecule has 0 radical (unpaired) electrons. The molecule has 9 heteroatoms. The highest BCUT2D eigenvalue weighted by Crippen LogP contribution is 2.06. The highest BCUT2D eigenvalue weighted by Gasteiger charge is 2.20. The van der Waals surface area contributed by atoms with E-state index in [9.17, 15) is 22.1 Å². The molecule has 1 aromatic rings. The Labute approximate surface area is 95.6 Å². The van der Waals surface area contributed by atoms with Crippen molar-refractivity contribution in [3.8, 4) is 0 Å². The molecule has 1 rings (SSSR count). The van der Waals surface area contributed by atoms with E-state index >= 15 is 0 Å². The Morgan fingerprint density at radius 1 is 1.41 bits per heavy atom. The Morgan fingerprint density at radius 2 is 1.94 bits per heavy atom. The lowest BCUT2D eigenvalue weighted by atomic mass is 10.3. The standard InChI is InChI=1S/C8H12N2O2.BF4/c1-2-9-5-6-10(7-9)4-3-8(11)12;2-1(3,4)5/h5-7H,2-4H2,1H3;/q;-1/p+1. The maximum atomic E-state index is 10.2. The van der Waals surface area contributed by atoms with Crippen molar-refractivity contribution in [2.75, 3.05) is 0 Å². The van der Waals surface area contributed by atoms with Gasteiger partial charge in [0.2, 0.25) is 6.33 Å². The highest BCUT2D eigenvalue weighted by atomic mass is 19.5. The quantitative estimate of drug-likeness (QED) is 0.505. The van der Waals surface area contributed by atoms with Gasteiger partial charge >= 0.3 is 13.2 Å². The lowest BCUT2D eigenvalue weighted by Crippen LogP contribution is -2.32. The van der Waals surface area contributed by atoms with Gasteiger partial charge in [-0.2, -0.15) is 0 Å². The first-order valence-electron chi connectivity index (χ1n) is 4.86. The Kier molecular flexibility index (Phi) is 6.30. The van der Waals surface area contributed by atoms with Gasteiger partial charge < -0.3 is 22.4 Å². The SMILES string of the molecule is CCn1cc[n+](CCC(=O)O)c1.F[B-](F)(F)F. The van der Waals surface area contributed by atoms with Crippen LogP contribution in [0.3, 0.4) is 0 Å². The van der Waals surface area contributed by atoms with E-state index in [2.05, 4.69) is 0 Å². The van der Waals surface area contributed by atoms with E-state index in [1.54, 1.807) is 0 Å². The predicted molar refractivity (Wildman–Crippen MR) is 52.7 cm³/mol. The summed E-state index contributed by atoms with van der Waals surface area (Å²) in [5.74, 6) is -0.758. The van der Waals surface area contributed by atoms with Crippen molar-refractivity contribution in [1.82, 2.24) is 4.57 Å². The summed E-state index contributed by atoms with van der Waals surface area (Å²) >= 11 is 0. The number of carboxylic acid groups (broad SMARTS) is 1. The van der Waals surface area contributed by atoms with Crippen molar-refractivity contribution >= 4 is 13.2 Å². The van der Waals surface area contributed by atoms with E-state index in [0.717, 1.165) is 6.54 Å². The van der Waals surface area contributed by atoms with Gasteiger partial charge in [0.05, 0.1) is 13.0 Å². The van der Waals surface area contributed by atoms with Crippen molar-refractivity contribution in [2.24, 2.45) is 0 Å². The third-order valence-corrected chi connectivity index (χ3v) is 1.70. The summed E-state index contributed by atoms with van der Waals surface area (Å²) in [5, 5.41) is 8.42. The number of aliphatic carboxylic acids is 1. The number of carbonyl (C=O) groups is 1. The second-order valence-electron chi connectivity index (χ2n) is 3.12. The van der Waals surface area contributed by atoms with Crippen LogP contribution in [-0.4, -0.2) is 22.9 Å². The van der Waals surface area contributed by atoms with Crippen LogP contribution in [0.15, 0.2) is 18.7 Å². The van der Waals surface area contributed by atoms with Crippen LogP contribution in [0.5, 0.6) is 0 Å². The molecule has 0 unspecified atom stereocenters. The monoisotopic (exact) mass is 256 g/mol. The van der Waals surface area contributed by atoms with E-state index in [1.165, 1.54) is 0 Å². The van der Waals surface area contributed by atoms with Gasteiger partial charge in [-0.15, -0.1) is 0 Å². The summed E-state index contributed by atoms with van der Waals surface area (Å²) in [7, 11) is -6.00. The van der Waals surface area contributed by atoms with Crippen LogP contribution >= 0.6 is 0 Å². The zero-order valence-corrected chi connectivity index (χ0v) is 9.19. The summed E-state index contributed by atoms with van der Waals surface area (Å²) in [4.78, 5) is 10.2. The smallest absolute Gasteiger partial charge is 0.481 e. The fraction of sp³-hybridized carbons (Fsp3) is 0.500. The lowest BCUT2D eigenvalue weighted by Gasteiger charge is -1.94. The average molecular weight is 256 g/mol. The number of hydrogen-bond acceptors (Lipinski definition) is 1. The largest absolute Gasteiger partial charge is 0.673 e. The molecule has 4 nitrogen and oxygen atoms in total. The Morgan fingerprint density at radius 3 is 2.29 bits per heavy atom. The molecule has 0 aliphatic heterocycles. The van der Waals surface area contributed by atoms with Gasteiger partial charge in [-0.3, -0.25) is 4.79 Å². The molecule has 0 bridgehead atoms. The van der Waals surface area contributed by atoms with Crippen molar-refractivity contribution in [1.29, 1.82) is 0 Å². The molecular weight excluding hydrogens is 243 g/mol. The van der Waals surface area contributed by atoms with Crippen LogP contribution in [0.4, 0.5) is 17.3 Å². The molecule has 17 heavy (non-hydrogen) atoms. The summed E-state index contributed by atoms with van der Waals surface area (Å²) in [6.45, 7) is 3.50. The second kappa shape index (κ2) is 6.92. The first kappa shape index (κ1) is 15.5. The van der Waals surface area contributed by atoms with Crippen molar-refractivity contribution in [3.05, 3.63) is 18.7 Å². The Hall–Kier alpha value is -1.54. The predicted octanol–water partition coefficient (Wildman–Crippen LogP) is 1.57. The van der Waals surface area contributed by atoms with Crippen LogP contribution in [0.25, 0.3) is 0 Å². The first-order valence-corrected chi connectivity index (χ1v) is 4.86. The summed E-state index contributed by atoms with van der Waals surface area (Å²) < 4.78 is 42.9. The summed E-state index contributed by atoms with van der Waals surface area (Å²) in [6.07, 6.45) is 5.90. The highest BCUT2D eigenvalue weighted by molar-refractivity contribution is 6.50. The Balaban J connectivity index is 0.000000437. The van der Waals surface area contributed by atoms with Crippen molar-refractivity contribution in [3.63, 3.8) is 0 Å². The van der Waals surface area contributed by atoms with E-state index < -0.39 is 13.2 Å². The first-order chi connectivity index (χ1) is 7.72. The van der Waals surface area contributed by atoms with Gasteiger partial charge in [0.25, 0.3) is 0 Å². The molecule has 0 aromatic carbocycles. The molecule has 0 saturated carbocycles. The fourth-order valence-corrected chi connectivity index (χ4v) is 0.983. The Bertz CT molecular complexity index is 348. The van der Waals surface area contributed by atoms with Gasteiger partial charge in [-0.1, -0.05) is 0 Å². The summed E-state index contributed by atoms with van der Waals surface area (Å²) in [6, 6.07) is 0. The van der Waals surface area contributed by atoms with Crippen LogP contribution in [0, 0.1) is 0 Å². The minimum atomic E-state index is -6.00. The molecule has 1 heterocycles. The second-order valence-corrected chi connectivity index (χ2v) is 3.12. The molecule has 0 saturated heterocycles. The van der Waals surface area contributed by atoms with E-state index in [0.29, 0.717) is 6.54 Å². The molecular formula is C8H13BF4N2O2. The van der Waals surface area contributed by atoms with Gasteiger partial charge in [0.1, 0.15) is 18.9 Å². The molecule has 1 N–H and O–H groups in total. The third-order valence-electron chi connectivity index (χ3n) is 1.70. The average Bonchev–Trinajstić information content (AvgIpc) is 2.59. The maximum absolute atomic E-state index is 10.2. The number of nitrogens with zero attached hydrogens (tertiary/aromatic N) is 2. The molecule has 0 aliphatic carbocycles. The number of carboxylic acids is 1. The normalized spacial score (nSPS) is 10.6. The van der Waals surface area contributed by atoms with Crippen molar-refractivity contribution in [2.45, 2.75) is 26.4 Å². The molecule has 0 amide bonds. The molecule has 0 atom stereocenters. The molecule has 0 spiro atoms. The number of imidazole rings is 1. The number of hydrogen-bond donors (Lipinski definition) is 1. The lowest BCUT2D eigenvalue weighted by molar-refractivity contribution is -0.695. The number of aromatic nitrogens is 2. The van der Waals surface area contributed by atoms with Crippen LogP contribution < -0.4 is 4.57 Å². The van der Waals surface area contributed by atoms with E-state index in [-0.39, 0.29) is 6.42 Å². The number of halogens is 4. The van der Waals surface area contributed by atoms with Gasteiger partial charge in [0, 0.05) is 0 Å². The summed E-state index contributed by atoms with van der Waals surface area (Å²) in [5.41, 5.74) is 0. The molecule has 0 aliphatic rings. The fourth-order valence-electron chi connectivity index (χ4n) is 0.983. The molecule has 0 fully saturated rings. The zero-order valence-electron chi connectivity index (χ0n) is 9.19. The van der Waals surface area contributed by atoms with Crippen LogP contribution in [0.2, 0.25) is 0 Å². The van der Waals surface area contributed by atoms with E-state index in [1.807, 2.05) is 34.8 Å². The molecule has 1 aromatic heterocycles. The minimum absolute atomic E-state index is 0.179. The zero-order chi connectivity index (χ0) is 13.5. The minimum Gasteiger partial charge on any atom is -0.481 e. The van der Waals surface area contributed by atoms with Gasteiger partial charge in [-0.05, 0) is 6.92 Å². The van der Waals surface area contributed by atoms with Crippen LogP contribution in [-0.2, 0) is 17.9 Å². The molecule has 98 valence electrons. The van der Waals surface area contributed by atoms with E-state index in [4.69, 9.17) is 5.11 Å². The van der Waals surface area contributed by atoms with Crippen molar-refractivity contribution < 1.29 is 31.7 Å².